The number of aryl methyl sites for hydroxylation is 1. The summed E-state index contributed by atoms with van der Waals surface area (Å²) in [6.45, 7) is 0. The highest BCUT2D eigenvalue weighted by Crippen LogP contribution is 2.29. The second-order valence-corrected chi connectivity index (χ2v) is 4.26. The van der Waals surface area contributed by atoms with Crippen LogP contribution < -0.4 is 0 Å². The number of rotatable bonds is 0. The van der Waals surface area contributed by atoms with Crippen molar-refractivity contribution >= 4 is 23.2 Å². The van der Waals surface area contributed by atoms with Crippen LogP contribution in [-0.2, 0) is 12.8 Å². The van der Waals surface area contributed by atoms with Crippen molar-refractivity contribution in [2.24, 2.45) is 0 Å². The molecule has 0 heterocycles. The Balaban J connectivity index is 2.35. The quantitative estimate of drug-likeness (QED) is 0.613. The molecule has 0 spiro atoms. The van der Waals surface area contributed by atoms with Gasteiger partial charge < -0.3 is 0 Å². The fourth-order valence-corrected chi connectivity index (χ4v) is 2.06. The first kappa shape index (κ1) is 9.11. The van der Waals surface area contributed by atoms with Crippen molar-refractivity contribution in [1.29, 1.82) is 0 Å². The monoisotopic (exact) mass is 212 g/mol. The van der Waals surface area contributed by atoms with Gasteiger partial charge in [0.2, 0.25) is 0 Å². The maximum Gasteiger partial charge on any atom is 0.106 e. The molecule has 1 aromatic carbocycles. The number of fused-ring (bicyclic) bond motifs is 1. The topological polar surface area (TPSA) is 0 Å². The van der Waals surface area contributed by atoms with E-state index in [9.17, 15) is 0 Å². The summed E-state index contributed by atoms with van der Waals surface area (Å²) in [6, 6.07) is 8.46. The summed E-state index contributed by atoms with van der Waals surface area (Å²) in [5.74, 6) is 0. The first-order valence-corrected chi connectivity index (χ1v) is 5.13. The normalized spacial score (nSPS) is 15.4. The van der Waals surface area contributed by atoms with Crippen LogP contribution in [0.25, 0.3) is 0 Å². The van der Waals surface area contributed by atoms with Crippen LogP contribution in [0.5, 0.6) is 0 Å². The molecule has 0 aliphatic heterocycles. The van der Waals surface area contributed by atoms with Crippen LogP contribution in [0.3, 0.4) is 0 Å². The third kappa shape index (κ3) is 1.90. The largest absolute Gasteiger partial charge is 0.106 e. The van der Waals surface area contributed by atoms with Crippen molar-refractivity contribution in [2.75, 3.05) is 0 Å². The van der Waals surface area contributed by atoms with E-state index < -0.39 is 0 Å². The van der Waals surface area contributed by atoms with Gasteiger partial charge in [-0.3, -0.25) is 0 Å². The van der Waals surface area contributed by atoms with Gasteiger partial charge in [-0.25, -0.2) is 0 Å². The van der Waals surface area contributed by atoms with Crippen LogP contribution in [0.15, 0.2) is 34.3 Å². The van der Waals surface area contributed by atoms with Crippen LogP contribution in [0.2, 0.25) is 0 Å². The lowest BCUT2D eigenvalue weighted by atomic mass is 9.89. The predicted molar refractivity (Wildman–Crippen MR) is 57.2 cm³/mol. The van der Waals surface area contributed by atoms with Gasteiger partial charge in [-0.2, -0.15) is 0 Å². The molecule has 0 radical (unpaired) electrons. The Labute approximate surface area is 88.2 Å². The van der Waals surface area contributed by atoms with E-state index in [1.807, 2.05) is 0 Å². The molecule has 68 valence electrons. The summed E-state index contributed by atoms with van der Waals surface area (Å²) < 4.78 is 0.453. The van der Waals surface area contributed by atoms with Gasteiger partial charge in [0.05, 0.1) is 0 Å². The second kappa shape index (κ2) is 3.73. The van der Waals surface area contributed by atoms with E-state index in [2.05, 4.69) is 24.3 Å². The minimum Gasteiger partial charge on any atom is -0.0709 e. The predicted octanol–water partition coefficient (Wildman–Crippen LogP) is 3.86. The Kier molecular flexibility index (Phi) is 2.61. The highest BCUT2D eigenvalue weighted by molar-refractivity contribution is 6.56. The van der Waals surface area contributed by atoms with Crippen LogP contribution in [0, 0.1) is 0 Å². The third-order valence-electron chi connectivity index (χ3n) is 2.49. The molecular formula is C11H10Cl2. The van der Waals surface area contributed by atoms with Gasteiger partial charge in [-0.1, -0.05) is 47.5 Å². The standard InChI is InChI=1S/C11H10Cl2/c12-11(13)10-6-5-8-3-1-2-4-9(8)7-10/h1-4H,5-7H2. The highest BCUT2D eigenvalue weighted by Gasteiger charge is 2.13. The van der Waals surface area contributed by atoms with Crippen molar-refractivity contribution in [3.05, 3.63) is 45.5 Å². The van der Waals surface area contributed by atoms with Crippen molar-refractivity contribution in [1.82, 2.24) is 0 Å². The van der Waals surface area contributed by atoms with E-state index in [0.717, 1.165) is 19.3 Å². The van der Waals surface area contributed by atoms with Gasteiger partial charge in [0, 0.05) is 0 Å². The third-order valence-corrected chi connectivity index (χ3v) is 3.02. The average molecular weight is 213 g/mol. The van der Waals surface area contributed by atoms with Crippen LogP contribution in [0.4, 0.5) is 0 Å². The lowest BCUT2D eigenvalue weighted by molar-refractivity contribution is 0.836. The molecule has 1 aliphatic carbocycles. The van der Waals surface area contributed by atoms with Gasteiger partial charge >= 0.3 is 0 Å². The Hall–Kier alpha value is -0.460. The second-order valence-electron chi connectivity index (χ2n) is 3.31. The van der Waals surface area contributed by atoms with E-state index >= 15 is 0 Å². The van der Waals surface area contributed by atoms with Crippen molar-refractivity contribution in [3.63, 3.8) is 0 Å². The maximum atomic E-state index is 5.77. The van der Waals surface area contributed by atoms with E-state index in [1.54, 1.807) is 0 Å². The maximum absolute atomic E-state index is 5.77. The lowest BCUT2D eigenvalue weighted by Crippen LogP contribution is -2.05. The summed E-state index contributed by atoms with van der Waals surface area (Å²) in [7, 11) is 0. The highest BCUT2D eigenvalue weighted by atomic mass is 35.5. The van der Waals surface area contributed by atoms with Gasteiger partial charge in [0.1, 0.15) is 4.49 Å². The van der Waals surface area contributed by atoms with Gasteiger partial charge in [0.15, 0.2) is 0 Å². The molecule has 0 fully saturated rings. The summed E-state index contributed by atoms with van der Waals surface area (Å²) in [5, 5.41) is 0. The zero-order valence-electron chi connectivity index (χ0n) is 7.19. The number of allylic oxidation sites excluding steroid dienone is 1. The van der Waals surface area contributed by atoms with Crippen molar-refractivity contribution in [3.8, 4) is 0 Å². The number of hydrogen-bond acceptors (Lipinski definition) is 0. The molecule has 0 nitrogen and oxygen atoms in total. The lowest BCUT2D eigenvalue weighted by Gasteiger charge is -2.18. The van der Waals surface area contributed by atoms with E-state index in [1.165, 1.54) is 16.7 Å². The molecule has 13 heavy (non-hydrogen) atoms. The van der Waals surface area contributed by atoms with Crippen LogP contribution in [-0.4, -0.2) is 0 Å². The fraction of sp³-hybridized carbons (Fsp3) is 0.273. The van der Waals surface area contributed by atoms with Crippen molar-refractivity contribution in [2.45, 2.75) is 19.3 Å². The molecule has 1 aliphatic rings. The van der Waals surface area contributed by atoms with Gasteiger partial charge in [0.25, 0.3) is 0 Å². The zero-order valence-corrected chi connectivity index (χ0v) is 8.70. The number of hydrogen-bond donors (Lipinski definition) is 0. The van der Waals surface area contributed by atoms with Gasteiger partial charge in [-0.15, -0.1) is 0 Å². The summed E-state index contributed by atoms with van der Waals surface area (Å²) in [4.78, 5) is 0. The molecule has 0 atom stereocenters. The Morgan fingerprint density at radius 2 is 1.69 bits per heavy atom. The molecule has 0 amide bonds. The first-order valence-electron chi connectivity index (χ1n) is 4.37. The Morgan fingerprint density at radius 3 is 2.38 bits per heavy atom. The van der Waals surface area contributed by atoms with Crippen molar-refractivity contribution < 1.29 is 0 Å². The number of benzene rings is 1. The molecular weight excluding hydrogens is 203 g/mol. The molecule has 0 unspecified atom stereocenters. The molecule has 2 rings (SSSR count). The molecule has 0 aromatic heterocycles. The number of halogens is 2. The molecule has 0 saturated carbocycles. The summed E-state index contributed by atoms with van der Waals surface area (Å²) in [5.41, 5.74) is 3.96. The molecule has 0 N–H and O–H groups in total. The Bertz CT molecular complexity index is 349. The van der Waals surface area contributed by atoms with E-state index in [-0.39, 0.29) is 0 Å². The minimum atomic E-state index is 0.453. The fourth-order valence-electron chi connectivity index (χ4n) is 1.74. The van der Waals surface area contributed by atoms with E-state index in [4.69, 9.17) is 23.2 Å². The average Bonchev–Trinajstić information content (AvgIpc) is 2.17. The minimum absolute atomic E-state index is 0.453. The first-order chi connectivity index (χ1) is 6.27. The van der Waals surface area contributed by atoms with Gasteiger partial charge in [-0.05, 0) is 36.0 Å². The molecule has 2 heteroatoms. The molecule has 0 saturated heterocycles. The summed E-state index contributed by atoms with van der Waals surface area (Å²) >= 11 is 11.5. The van der Waals surface area contributed by atoms with Crippen LogP contribution >= 0.6 is 23.2 Å². The van der Waals surface area contributed by atoms with Crippen LogP contribution in [0.1, 0.15) is 17.5 Å². The molecule has 0 bridgehead atoms. The molecule has 1 aromatic rings. The van der Waals surface area contributed by atoms with E-state index in [0.29, 0.717) is 4.49 Å². The SMILES string of the molecule is ClC(Cl)=C1CCc2ccccc2C1. The summed E-state index contributed by atoms with van der Waals surface area (Å²) in [6.07, 6.45) is 2.98. The Morgan fingerprint density at radius 1 is 1.00 bits per heavy atom. The zero-order chi connectivity index (χ0) is 9.26. The smallest absolute Gasteiger partial charge is 0.0709 e.